The fourth-order valence-corrected chi connectivity index (χ4v) is 1.86. The number of imidazole rings is 1. The molecule has 0 aliphatic heterocycles. The number of hydrogen-bond acceptors (Lipinski definition) is 3. The van der Waals surface area contributed by atoms with Crippen molar-refractivity contribution >= 4 is 18.4 Å². The van der Waals surface area contributed by atoms with E-state index in [0.717, 1.165) is 5.69 Å². The van der Waals surface area contributed by atoms with E-state index in [1.807, 2.05) is 22.8 Å². The minimum atomic E-state index is -0.282. The van der Waals surface area contributed by atoms with Crippen LogP contribution < -0.4 is 0 Å². The lowest BCUT2D eigenvalue weighted by molar-refractivity contribution is -0.142. The highest BCUT2D eigenvalue weighted by atomic mass is 35.5. The molecule has 1 atom stereocenters. The maximum Gasteiger partial charge on any atom is 0.303 e. The molecule has 0 amide bonds. The van der Waals surface area contributed by atoms with E-state index in [4.69, 9.17) is 4.74 Å². The summed E-state index contributed by atoms with van der Waals surface area (Å²) in [6.45, 7) is 3.75. The van der Waals surface area contributed by atoms with Crippen molar-refractivity contribution in [3.63, 3.8) is 0 Å². The molecule has 1 heterocycles. The molecule has 1 aromatic heterocycles. The third-order valence-corrected chi connectivity index (χ3v) is 2.87. The second-order valence-electron chi connectivity index (χ2n) is 4.16. The quantitative estimate of drug-likeness (QED) is 0.809. The van der Waals surface area contributed by atoms with Gasteiger partial charge < -0.3 is 9.30 Å². The number of rotatable bonds is 4. The molecule has 102 valence electrons. The Morgan fingerprint density at radius 2 is 2.05 bits per heavy atom. The van der Waals surface area contributed by atoms with Gasteiger partial charge in [-0.2, -0.15) is 0 Å². The van der Waals surface area contributed by atoms with Crippen LogP contribution in [-0.4, -0.2) is 15.5 Å². The van der Waals surface area contributed by atoms with Gasteiger partial charge >= 0.3 is 5.97 Å². The van der Waals surface area contributed by atoms with Gasteiger partial charge in [0.05, 0.1) is 24.3 Å². The number of halogens is 1. The zero-order valence-electron chi connectivity index (χ0n) is 10.9. The van der Waals surface area contributed by atoms with Gasteiger partial charge in [0.1, 0.15) is 6.61 Å². The minimum Gasteiger partial charge on any atom is -0.459 e. The molecule has 2 rings (SSSR count). The van der Waals surface area contributed by atoms with Crippen molar-refractivity contribution in [3.8, 4) is 0 Å². The predicted molar refractivity (Wildman–Crippen MR) is 75.2 cm³/mol. The average Bonchev–Trinajstić information content (AvgIpc) is 2.85. The Labute approximate surface area is 118 Å². The van der Waals surface area contributed by atoms with Crippen LogP contribution in [0.2, 0.25) is 0 Å². The van der Waals surface area contributed by atoms with E-state index in [0.29, 0.717) is 0 Å². The molecule has 0 bridgehead atoms. The van der Waals surface area contributed by atoms with Crippen molar-refractivity contribution < 1.29 is 9.53 Å². The van der Waals surface area contributed by atoms with Crippen molar-refractivity contribution in [3.05, 3.63) is 54.1 Å². The topological polar surface area (TPSA) is 44.1 Å². The summed E-state index contributed by atoms with van der Waals surface area (Å²) in [4.78, 5) is 15.0. The van der Waals surface area contributed by atoms with Crippen LogP contribution in [0.15, 0.2) is 42.9 Å². The number of carbonyl (C=O) groups is 1. The standard InChI is InChI=1S/C14H16N2O2.ClH/c1-11(13-6-4-3-5-7-13)16-10-15-8-14(16)9-18-12(2)17;/h3-8,10-11H,9H2,1-2H3;1H. The zero-order chi connectivity index (χ0) is 13.0. The summed E-state index contributed by atoms with van der Waals surface area (Å²) in [6, 6.07) is 10.3. The Bertz CT molecular complexity index is 525. The first-order valence-corrected chi connectivity index (χ1v) is 5.87. The van der Waals surface area contributed by atoms with E-state index in [2.05, 4.69) is 24.0 Å². The van der Waals surface area contributed by atoms with Crippen molar-refractivity contribution in [2.24, 2.45) is 0 Å². The van der Waals surface area contributed by atoms with Crippen molar-refractivity contribution in [2.75, 3.05) is 0 Å². The Balaban J connectivity index is 0.00000180. The molecule has 2 aromatic rings. The Morgan fingerprint density at radius 3 is 2.68 bits per heavy atom. The van der Waals surface area contributed by atoms with E-state index >= 15 is 0 Å². The summed E-state index contributed by atoms with van der Waals surface area (Å²) >= 11 is 0. The number of esters is 1. The van der Waals surface area contributed by atoms with Crippen LogP contribution >= 0.6 is 12.4 Å². The van der Waals surface area contributed by atoms with Gasteiger partial charge in [0.2, 0.25) is 0 Å². The molecule has 0 fully saturated rings. The van der Waals surface area contributed by atoms with E-state index in [9.17, 15) is 4.79 Å². The van der Waals surface area contributed by atoms with Gasteiger partial charge in [-0.3, -0.25) is 4.79 Å². The highest BCUT2D eigenvalue weighted by Gasteiger charge is 2.11. The monoisotopic (exact) mass is 280 g/mol. The highest BCUT2D eigenvalue weighted by Crippen LogP contribution is 2.19. The molecular formula is C14H17ClN2O2. The summed E-state index contributed by atoms with van der Waals surface area (Å²) < 4.78 is 7.03. The van der Waals surface area contributed by atoms with Crippen LogP contribution in [0.3, 0.4) is 0 Å². The lowest BCUT2D eigenvalue weighted by atomic mass is 10.1. The van der Waals surface area contributed by atoms with E-state index < -0.39 is 0 Å². The zero-order valence-corrected chi connectivity index (χ0v) is 11.8. The number of aromatic nitrogens is 2. The largest absolute Gasteiger partial charge is 0.459 e. The van der Waals surface area contributed by atoms with Gasteiger partial charge in [-0.1, -0.05) is 30.3 Å². The number of hydrogen-bond donors (Lipinski definition) is 0. The van der Waals surface area contributed by atoms with Crippen LogP contribution in [0.1, 0.15) is 31.1 Å². The average molecular weight is 281 g/mol. The molecule has 0 saturated heterocycles. The molecule has 0 N–H and O–H groups in total. The Hall–Kier alpha value is -1.81. The Kier molecular flexibility index (Phi) is 5.57. The summed E-state index contributed by atoms with van der Waals surface area (Å²) in [5.41, 5.74) is 2.08. The van der Waals surface area contributed by atoms with Gasteiger partial charge in [0.25, 0.3) is 0 Å². The fourth-order valence-electron chi connectivity index (χ4n) is 1.86. The molecular weight excluding hydrogens is 264 g/mol. The first kappa shape index (κ1) is 15.2. The number of ether oxygens (including phenoxy) is 1. The molecule has 1 unspecified atom stereocenters. The fraction of sp³-hybridized carbons (Fsp3) is 0.286. The summed E-state index contributed by atoms with van der Waals surface area (Å²) in [5.74, 6) is -0.282. The molecule has 0 radical (unpaired) electrons. The van der Waals surface area contributed by atoms with E-state index in [-0.39, 0.29) is 31.0 Å². The molecule has 4 nitrogen and oxygen atoms in total. The molecule has 0 aliphatic carbocycles. The molecule has 5 heteroatoms. The molecule has 19 heavy (non-hydrogen) atoms. The van der Waals surface area contributed by atoms with E-state index in [1.54, 1.807) is 12.5 Å². The first-order valence-electron chi connectivity index (χ1n) is 5.87. The lowest BCUT2D eigenvalue weighted by Crippen LogP contribution is -2.11. The molecule has 0 aliphatic rings. The van der Waals surface area contributed by atoms with Crippen molar-refractivity contribution in [1.29, 1.82) is 0 Å². The summed E-state index contributed by atoms with van der Waals surface area (Å²) in [5, 5.41) is 0. The van der Waals surface area contributed by atoms with Gasteiger partial charge in [-0.25, -0.2) is 4.98 Å². The van der Waals surface area contributed by atoms with Crippen LogP contribution in [0, 0.1) is 0 Å². The van der Waals surface area contributed by atoms with Crippen molar-refractivity contribution in [1.82, 2.24) is 9.55 Å². The smallest absolute Gasteiger partial charge is 0.303 e. The summed E-state index contributed by atoms with van der Waals surface area (Å²) in [7, 11) is 0. The molecule has 0 saturated carbocycles. The van der Waals surface area contributed by atoms with Crippen LogP contribution in [0.5, 0.6) is 0 Å². The molecule has 0 spiro atoms. The summed E-state index contributed by atoms with van der Waals surface area (Å²) in [6.07, 6.45) is 3.48. The first-order chi connectivity index (χ1) is 8.68. The maximum absolute atomic E-state index is 10.8. The third-order valence-electron chi connectivity index (χ3n) is 2.87. The molecule has 1 aromatic carbocycles. The SMILES string of the molecule is CC(=O)OCc1cncn1C(C)c1ccccc1.Cl. The van der Waals surface area contributed by atoms with Gasteiger partial charge in [0, 0.05) is 6.92 Å². The van der Waals surface area contributed by atoms with Crippen molar-refractivity contribution in [2.45, 2.75) is 26.5 Å². The number of nitrogens with zero attached hydrogens (tertiary/aromatic N) is 2. The normalized spacial score (nSPS) is 11.5. The van der Waals surface area contributed by atoms with Crippen LogP contribution in [0.4, 0.5) is 0 Å². The maximum atomic E-state index is 10.8. The Morgan fingerprint density at radius 1 is 1.37 bits per heavy atom. The van der Waals surface area contributed by atoms with Gasteiger partial charge in [0.15, 0.2) is 0 Å². The minimum absolute atomic E-state index is 0. The second kappa shape index (κ2) is 6.95. The lowest BCUT2D eigenvalue weighted by Gasteiger charge is -2.16. The third kappa shape index (κ3) is 3.83. The predicted octanol–water partition coefficient (Wildman–Crippen LogP) is 2.98. The van der Waals surface area contributed by atoms with E-state index in [1.165, 1.54) is 12.5 Å². The van der Waals surface area contributed by atoms with Crippen LogP contribution in [0.25, 0.3) is 0 Å². The second-order valence-corrected chi connectivity index (χ2v) is 4.16. The van der Waals surface area contributed by atoms with Crippen LogP contribution in [-0.2, 0) is 16.1 Å². The number of carbonyl (C=O) groups excluding carboxylic acids is 1. The number of benzene rings is 1. The highest BCUT2D eigenvalue weighted by molar-refractivity contribution is 5.85. The van der Waals surface area contributed by atoms with Gasteiger partial charge in [-0.15, -0.1) is 12.4 Å². The van der Waals surface area contributed by atoms with Gasteiger partial charge in [-0.05, 0) is 12.5 Å².